The Kier molecular flexibility index (Phi) is 6.71. The number of amides is 1. The fourth-order valence-corrected chi connectivity index (χ4v) is 6.59. The molecule has 2 atom stereocenters. The molecule has 2 aliphatic heterocycles. The molecule has 3 aromatic rings. The quantitative estimate of drug-likeness (QED) is 0.485. The number of thiophene rings is 1. The van der Waals surface area contributed by atoms with Crippen molar-refractivity contribution in [1.82, 2.24) is 5.32 Å². The lowest BCUT2D eigenvalue weighted by Crippen LogP contribution is -2.58. The summed E-state index contributed by atoms with van der Waals surface area (Å²) >= 11 is 9.13. The van der Waals surface area contributed by atoms with Crippen molar-refractivity contribution >= 4 is 52.1 Å². The van der Waals surface area contributed by atoms with Gasteiger partial charge in [-0.3, -0.25) is 9.59 Å². The van der Waals surface area contributed by atoms with E-state index >= 15 is 0 Å². The van der Waals surface area contributed by atoms with Crippen molar-refractivity contribution in [1.29, 1.82) is 0 Å². The van der Waals surface area contributed by atoms with Crippen molar-refractivity contribution in [2.24, 2.45) is 0 Å². The van der Waals surface area contributed by atoms with Crippen molar-refractivity contribution in [3.8, 4) is 0 Å². The van der Waals surface area contributed by atoms with Crippen LogP contribution in [0.1, 0.15) is 22.4 Å². The number of nitrogens with one attached hydrogen (secondary N) is 1. The van der Waals surface area contributed by atoms with E-state index in [9.17, 15) is 9.59 Å². The standard InChI is InChI=1S/C26H25ClN2O3S2/c1-17-14-19(16-33-17)26(18-6-8-20(9-7-18)29-10-12-32-13-11-29)15-22(30)24(25(31)28-26)34-23-5-3-2-4-21(23)27/h2-9,14,16,24H,10-13,15H2,1H3,(H,28,31). The molecule has 2 saturated heterocycles. The highest BCUT2D eigenvalue weighted by Crippen LogP contribution is 2.42. The average Bonchev–Trinajstić information content (AvgIpc) is 3.30. The van der Waals surface area contributed by atoms with Gasteiger partial charge in [0.15, 0.2) is 5.78 Å². The zero-order valence-electron chi connectivity index (χ0n) is 18.8. The molecule has 176 valence electrons. The van der Waals surface area contributed by atoms with Gasteiger partial charge in [-0.1, -0.05) is 35.9 Å². The van der Waals surface area contributed by atoms with E-state index in [1.54, 1.807) is 17.4 Å². The minimum Gasteiger partial charge on any atom is -0.378 e. The minimum atomic E-state index is -0.889. The molecular weight excluding hydrogens is 488 g/mol. The SMILES string of the molecule is Cc1cc(C2(c3ccc(N4CCOCC4)cc3)CC(=O)C(Sc3ccccc3Cl)C(=O)N2)cs1. The molecule has 1 aromatic heterocycles. The van der Waals surface area contributed by atoms with E-state index in [1.165, 1.54) is 11.8 Å². The van der Waals surface area contributed by atoms with Gasteiger partial charge in [0.2, 0.25) is 5.91 Å². The Hall–Kier alpha value is -2.32. The third-order valence-electron chi connectivity index (χ3n) is 6.35. The van der Waals surface area contributed by atoms with Crippen LogP contribution in [-0.4, -0.2) is 43.2 Å². The second-order valence-electron chi connectivity index (χ2n) is 8.56. The maximum Gasteiger partial charge on any atom is 0.242 e. The molecule has 8 heteroatoms. The van der Waals surface area contributed by atoms with E-state index in [0.717, 1.165) is 52.9 Å². The van der Waals surface area contributed by atoms with Gasteiger partial charge < -0.3 is 15.0 Å². The minimum absolute atomic E-state index is 0.102. The molecule has 5 nitrogen and oxygen atoms in total. The van der Waals surface area contributed by atoms with Gasteiger partial charge in [0.05, 0.1) is 23.8 Å². The summed E-state index contributed by atoms with van der Waals surface area (Å²) in [4.78, 5) is 31.0. The van der Waals surface area contributed by atoms with Crippen LogP contribution in [0.4, 0.5) is 5.69 Å². The van der Waals surface area contributed by atoms with E-state index in [2.05, 4.69) is 28.4 Å². The number of ether oxygens (including phenoxy) is 1. The van der Waals surface area contributed by atoms with Crippen molar-refractivity contribution in [2.45, 2.75) is 29.0 Å². The van der Waals surface area contributed by atoms with Crippen LogP contribution in [0.2, 0.25) is 5.02 Å². The second-order valence-corrected chi connectivity index (χ2v) is 11.2. The summed E-state index contributed by atoms with van der Waals surface area (Å²) in [6, 6.07) is 17.6. The number of nitrogens with zero attached hydrogens (tertiary/aromatic N) is 1. The fourth-order valence-electron chi connectivity index (χ4n) is 4.57. The van der Waals surface area contributed by atoms with Gasteiger partial charge in [-0.15, -0.1) is 23.1 Å². The number of halogens is 1. The van der Waals surface area contributed by atoms with Crippen LogP contribution in [0.3, 0.4) is 0 Å². The van der Waals surface area contributed by atoms with Crippen molar-refractivity contribution in [3.05, 3.63) is 81.0 Å². The highest BCUT2D eigenvalue weighted by molar-refractivity contribution is 8.01. The number of anilines is 1. The first-order valence-electron chi connectivity index (χ1n) is 11.2. The zero-order chi connectivity index (χ0) is 23.7. The van der Waals surface area contributed by atoms with Crippen molar-refractivity contribution in [3.63, 3.8) is 0 Å². The first kappa shape index (κ1) is 23.4. The summed E-state index contributed by atoms with van der Waals surface area (Å²) in [5.41, 5.74) is 2.08. The lowest BCUT2D eigenvalue weighted by atomic mass is 9.77. The Balaban J connectivity index is 1.47. The number of thioether (sulfide) groups is 1. The molecule has 0 saturated carbocycles. The number of benzene rings is 2. The van der Waals surface area contributed by atoms with Crippen LogP contribution in [-0.2, 0) is 19.9 Å². The Morgan fingerprint density at radius 2 is 1.82 bits per heavy atom. The summed E-state index contributed by atoms with van der Waals surface area (Å²) in [5.74, 6) is -0.392. The molecule has 2 fully saturated rings. The van der Waals surface area contributed by atoms with Gasteiger partial charge in [-0.2, -0.15) is 0 Å². The molecule has 2 aliphatic rings. The molecule has 3 heterocycles. The van der Waals surface area contributed by atoms with Crippen molar-refractivity contribution < 1.29 is 14.3 Å². The first-order valence-corrected chi connectivity index (χ1v) is 13.3. The smallest absolute Gasteiger partial charge is 0.242 e. The molecular formula is C26H25ClN2O3S2. The van der Waals surface area contributed by atoms with Gasteiger partial charge in [0.1, 0.15) is 5.25 Å². The van der Waals surface area contributed by atoms with E-state index in [4.69, 9.17) is 16.3 Å². The monoisotopic (exact) mass is 512 g/mol. The van der Waals surface area contributed by atoms with Gasteiger partial charge in [0.25, 0.3) is 0 Å². The predicted molar refractivity (Wildman–Crippen MR) is 138 cm³/mol. The Morgan fingerprint density at radius 3 is 2.47 bits per heavy atom. The Morgan fingerprint density at radius 1 is 1.09 bits per heavy atom. The lowest BCUT2D eigenvalue weighted by Gasteiger charge is -2.40. The highest BCUT2D eigenvalue weighted by Gasteiger charge is 2.47. The predicted octanol–water partition coefficient (Wildman–Crippen LogP) is 5.04. The molecule has 2 aromatic carbocycles. The van der Waals surface area contributed by atoms with Crippen LogP contribution >= 0.6 is 34.7 Å². The van der Waals surface area contributed by atoms with Crippen LogP contribution in [0.25, 0.3) is 0 Å². The molecule has 5 rings (SSSR count). The van der Waals surface area contributed by atoms with E-state index in [-0.39, 0.29) is 18.1 Å². The first-order chi connectivity index (χ1) is 16.5. The second kappa shape index (κ2) is 9.74. The molecule has 0 bridgehead atoms. The van der Waals surface area contributed by atoms with E-state index < -0.39 is 10.8 Å². The molecule has 1 amide bonds. The van der Waals surface area contributed by atoms with E-state index in [0.29, 0.717) is 5.02 Å². The number of piperidine rings is 1. The molecule has 0 radical (unpaired) electrons. The molecule has 1 N–H and O–H groups in total. The summed E-state index contributed by atoms with van der Waals surface area (Å²) in [6.45, 7) is 5.17. The number of hydrogen-bond donors (Lipinski definition) is 1. The maximum absolute atomic E-state index is 13.5. The largest absolute Gasteiger partial charge is 0.378 e. The maximum atomic E-state index is 13.5. The summed E-state index contributed by atoms with van der Waals surface area (Å²) in [5, 5.41) is 4.99. The number of hydrogen-bond acceptors (Lipinski definition) is 6. The third kappa shape index (κ3) is 4.50. The number of rotatable bonds is 5. The Labute approximate surface area is 212 Å². The normalized spacial score (nSPS) is 23.1. The highest BCUT2D eigenvalue weighted by atomic mass is 35.5. The van der Waals surface area contributed by atoms with Gasteiger partial charge in [-0.05, 0) is 53.8 Å². The third-order valence-corrected chi connectivity index (χ3v) is 8.97. The summed E-state index contributed by atoms with van der Waals surface area (Å²) in [6.07, 6.45) is 0.188. The van der Waals surface area contributed by atoms with Crippen LogP contribution in [0, 0.1) is 6.92 Å². The molecule has 0 spiro atoms. The Bertz CT molecular complexity index is 1190. The van der Waals surface area contributed by atoms with Gasteiger partial charge in [0, 0.05) is 35.0 Å². The summed E-state index contributed by atoms with van der Waals surface area (Å²) in [7, 11) is 0. The van der Waals surface area contributed by atoms with Crippen LogP contribution in [0.5, 0.6) is 0 Å². The molecule has 2 unspecified atom stereocenters. The topological polar surface area (TPSA) is 58.6 Å². The number of ketones is 1. The number of carbonyl (C=O) groups excluding carboxylic acids is 2. The number of Topliss-reactive ketones (excluding diaryl/α,β-unsaturated/α-hetero) is 1. The molecule has 34 heavy (non-hydrogen) atoms. The summed E-state index contributed by atoms with van der Waals surface area (Å²) < 4.78 is 5.46. The van der Waals surface area contributed by atoms with Gasteiger partial charge in [-0.25, -0.2) is 0 Å². The number of morpholine rings is 1. The molecule has 0 aliphatic carbocycles. The number of carbonyl (C=O) groups is 2. The zero-order valence-corrected chi connectivity index (χ0v) is 21.1. The van der Waals surface area contributed by atoms with Crippen LogP contribution in [0.15, 0.2) is 64.9 Å². The average molecular weight is 513 g/mol. The van der Waals surface area contributed by atoms with Gasteiger partial charge >= 0.3 is 0 Å². The number of aryl methyl sites for hydroxylation is 1. The fraction of sp³-hybridized carbons (Fsp3) is 0.308. The van der Waals surface area contributed by atoms with Crippen molar-refractivity contribution in [2.75, 3.05) is 31.2 Å². The van der Waals surface area contributed by atoms with E-state index in [1.807, 2.05) is 42.6 Å². The van der Waals surface area contributed by atoms with Crippen LogP contribution < -0.4 is 10.2 Å². The lowest BCUT2D eigenvalue weighted by molar-refractivity contribution is -0.132.